The van der Waals surface area contributed by atoms with Crippen LogP contribution in [0.4, 0.5) is 4.79 Å². The number of benzene rings is 2. The Labute approximate surface area is 208 Å². The van der Waals surface area contributed by atoms with E-state index in [-0.39, 0.29) is 11.9 Å². The molecule has 1 N–H and O–H groups in total. The molecule has 6 nitrogen and oxygen atoms in total. The van der Waals surface area contributed by atoms with Crippen LogP contribution in [-0.4, -0.2) is 33.4 Å². The van der Waals surface area contributed by atoms with Gasteiger partial charge in [0.1, 0.15) is 5.60 Å². The Morgan fingerprint density at radius 2 is 1.60 bits per heavy atom. The SMILES string of the molecule is CC(C)C[C@@H](C/C=C/C(=O)n1nc(-c2ccccc2)cc1-c1ccccc1)NC(=O)OC(C)(C)C. The predicted octanol–water partition coefficient (Wildman–Crippen LogP) is 6.74. The first kappa shape index (κ1) is 25.9. The molecule has 0 bridgehead atoms. The van der Waals surface area contributed by atoms with Gasteiger partial charge in [-0.15, -0.1) is 0 Å². The van der Waals surface area contributed by atoms with Crippen LogP contribution in [0.5, 0.6) is 0 Å². The Bertz CT molecular complexity index is 1140. The van der Waals surface area contributed by atoms with Crippen LogP contribution >= 0.6 is 0 Å². The maximum Gasteiger partial charge on any atom is 0.407 e. The van der Waals surface area contributed by atoms with Crippen molar-refractivity contribution in [3.8, 4) is 22.5 Å². The standard InChI is InChI=1S/C29H35N3O3/c1-21(2)19-24(30-28(34)35-29(3,4)5)17-12-18-27(33)32-26(23-15-10-7-11-16-23)20-25(31-32)22-13-8-6-9-14-22/h6-16,18,20-21,24H,17,19H2,1-5H3,(H,30,34)/b18-12+/t24-/m1/s1. The fourth-order valence-corrected chi connectivity index (χ4v) is 3.77. The van der Waals surface area contributed by atoms with Crippen LogP contribution in [0.3, 0.4) is 0 Å². The topological polar surface area (TPSA) is 73.2 Å². The lowest BCUT2D eigenvalue weighted by atomic mass is 10.0. The van der Waals surface area contributed by atoms with Crippen molar-refractivity contribution in [1.29, 1.82) is 0 Å². The minimum atomic E-state index is -0.567. The molecule has 184 valence electrons. The molecule has 0 saturated heterocycles. The molecule has 0 radical (unpaired) electrons. The van der Waals surface area contributed by atoms with Gasteiger partial charge >= 0.3 is 6.09 Å². The number of rotatable bonds is 8. The largest absolute Gasteiger partial charge is 0.444 e. The van der Waals surface area contributed by atoms with Gasteiger partial charge in [-0.3, -0.25) is 4.79 Å². The normalized spacial score (nSPS) is 12.6. The quantitative estimate of drug-likeness (QED) is 0.368. The first-order chi connectivity index (χ1) is 16.6. The molecular weight excluding hydrogens is 438 g/mol. The van der Waals surface area contributed by atoms with Crippen LogP contribution in [0.25, 0.3) is 22.5 Å². The lowest BCUT2D eigenvalue weighted by Gasteiger charge is -2.24. The van der Waals surface area contributed by atoms with Gasteiger partial charge in [-0.2, -0.15) is 9.78 Å². The molecule has 1 heterocycles. The molecule has 3 rings (SSSR count). The zero-order valence-corrected chi connectivity index (χ0v) is 21.2. The number of allylic oxidation sites excluding steroid dienone is 1. The van der Waals surface area contributed by atoms with Crippen molar-refractivity contribution >= 4 is 12.0 Å². The van der Waals surface area contributed by atoms with E-state index >= 15 is 0 Å². The van der Waals surface area contributed by atoms with Gasteiger partial charge in [0.2, 0.25) is 0 Å². The van der Waals surface area contributed by atoms with Crippen LogP contribution in [-0.2, 0) is 4.74 Å². The summed E-state index contributed by atoms with van der Waals surface area (Å²) in [6.45, 7) is 9.70. The highest BCUT2D eigenvalue weighted by Gasteiger charge is 2.20. The molecule has 1 amide bonds. The van der Waals surface area contributed by atoms with Crippen LogP contribution in [0, 0.1) is 5.92 Å². The third-order valence-corrected chi connectivity index (χ3v) is 5.22. The van der Waals surface area contributed by atoms with E-state index < -0.39 is 11.7 Å². The van der Waals surface area contributed by atoms with Gasteiger partial charge in [0.15, 0.2) is 0 Å². The van der Waals surface area contributed by atoms with Crippen molar-refractivity contribution in [3.63, 3.8) is 0 Å². The number of ether oxygens (including phenoxy) is 1. The molecule has 0 saturated carbocycles. The maximum absolute atomic E-state index is 13.2. The monoisotopic (exact) mass is 473 g/mol. The Morgan fingerprint density at radius 3 is 2.17 bits per heavy atom. The summed E-state index contributed by atoms with van der Waals surface area (Å²) in [6, 6.07) is 21.3. The lowest BCUT2D eigenvalue weighted by molar-refractivity contribution is 0.0499. The summed E-state index contributed by atoms with van der Waals surface area (Å²) in [5.74, 6) is 0.134. The number of alkyl carbamates (subject to hydrolysis) is 1. The highest BCUT2D eigenvalue weighted by atomic mass is 16.6. The molecule has 0 aliphatic rings. The van der Waals surface area contributed by atoms with Crippen molar-refractivity contribution in [2.45, 2.75) is 59.1 Å². The Kier molecular flexibility index (Phi) is 8.63. The van der Waals surface area contributed by atoms with E-state index in [0.29, 0.717) is 12.3 Å². The van der Waals surface area contributed by atoms with E-state index in [1.807, 2.05) is 87.5 Å². The first-order valence-electron chi connectivity index (χ1n) is 12.0. The number of nitrogens with one attached hydrogen (secondary N) is 1. The summed E-state index contributed by atoms with van der Waals surface area (Å²) in [4.78, 5) is 25.5. The molecule has 1 atom stereocenters. The molecular formula is C29H35N3O3. The fraction of sp³-hybridized carbons (Fsp3) is 0.345. The number of aromatic nitrogens is 2. The average molecular weight is 474 g/mol. The number of nitrogens with zero attached hydrogens (tertiary/aromatic N) is 2. The molecule has 6 heteroatoms. The highest BCUT2D eigenvalue weighted by molar-refractivity contribution is 5.93. The van der Waals surface area contributed by atoms with Crippen LogP contribution in [0.15, 0.2) is 78.9 Å². The maximum atomic E-state index is 13.2. The predicted molar refractivity (Wildman–Crippen MR) is 140 cm³/mol. The average Bonchev–Trinajstić information content (AvgIpc) is 3.24. The van der Waals surface area contributed by atoms with Crippen LogP contribution < -0.4 is 5.32 Å². The van der Waals surface area contributed by atoms with Gasteiger partial charge in [-0.05, 0) is 45.6 Å². The minimum absolute atomic E-state index is 0.139. The van der Waals surface area contributed by atoms with Gasteiger partial charge in [-0.1, -0.05) is 80.6 Å². The third kappa shape index (κ3) is 7.95. The molecule has 0 fully saturated rings. The second kappa shape index (κ2) is 11.6. The second-order valence-electron chi connectivity index (χ2n) is 10.0. The zero-order valence-electron chi connectivity index (χ0n) is 21.2. The van der Waals surface area contributed by atoms with Crippen molar-refractivity contribution in [1.82, 2.24) is 15.1 Å². The molecule has 35 heavy (non-hydrogen) atoms. The first-order valence-corrected chi connectivity index (χ1v) is 12.0. The summed E-state index contributed by atoms with van der Waals surface area (Å²) >= 11 is 0. The summed E-state index contributed by atoms with van der Waals surface area (Å²) in [5, 5.41) is 7.55. The molecule has 0 unspecified atom stereocenters. The minimum Gasteiger partial charge on any atom is -0.444 e. The zero-order chi connectivity index (χ0) is 25.4. The highest BCUT2D eigenvalue weighted by Crippen LogP contribution is 2.26. The fourth-order valence-electron chi connectivity index (χ4n) is 3.77. The molecule has 3 aromatic rings. The van der Waals surface area contributed by atoms with Crippen molar-refractivity contribution in [3.05, 3.63) is 78.9 Å². The Hall–Kier alpha value is -3.67. The van der Waals surface area contributed by atoms with E-state index in [2.05, 4.69) is 24.3 Å². The van der Waals surface area contributed by atoms with Gasteiger partial charge in [0.05, 0.1) is 11.4 Å². The van der Waals surface area contributed by atoms with Crippen molar-refractivity contribution in [2.24, 2.45) is 5.92 Å². The number of carbonyl (C=O) groups is 2. The van der Waals surface area contributed by atoms with E-state index in [0.717, 1.165) is 28.9 Å². The van der Waals surface area contributed by atoms with Gasteiger partial charge in [-0.25, -0.2) is 4.79 Å². The molecule has 2 aromatic carbocycles. The number of amides is 1. The molecule has 0 aliphatic heterocycles. The smallest absolute Gasteiger partial charge is 0.407 e. The third-order valence-electron chi connectivity index (χ3n) is 5.22. The van der Waals surface area contributed by atoms with Crippen LogP contribution in [0.1, 0.15) is 52.3 Å². The second-order valence-corrected chi connectivity index (χ2v) is 10.0. The molecule has 0 aliphatic carbocycles. The van der Waals surface area contributed by atoms with E-state index in [9.17, 15) is 9.59 Å². The van der Waals surface area contributed by atoms with Crippen molar-refractivity contribution in [2.75, 3.05) is 0 Å². The summed E-state index contributed by atoms with van der Waals surface area (Å²) in [6.07, 6.45) is 4.15. The van der Waals surface area contributed by atoms with E-state index in [4.69, 9.17) is 4.74 Å². The summed E-state index contributed by atoms with van der Waals surface area (Å²) in [7, 11) is 0. The van der Waals surface area contributed by atoms with Crippen molar-refractivity contribution < 1.29 is 14.3 Å². The number of carbonyl (C=O) groups excluding carboxylic acids is 2. The molecule has 0 spiro atoms. The van der Waals surface area contributed by atoms with Gasteiger partial charge in [0, 0.05) is 23.2 Å². The Morgan fingerprint density at radius 1 is 1.00 bits per heavy atom. The number of hydrogen-bond donors (Lipinski definition) is 1. The van der Waals surface area contributed by atoms with Gasteiger partial charge in [0.25, 0.3) is 5.91 Å². The number of hydrogen-bond acceptors (Lipinski definition) is 4. The summed E-state index contributed by atoms with van der Waals surface area (Å²) in [5.41, 5.74) is 2.75. The Balaban J connectivity index is 1.80. The van der Waals surface area contributed by atoms with Crippen LogP contribution in [0.2, 0.25) is 0 Å². The molecule has 1 aromatic heterocycles. The summed E-state index contributed by atoms with van der Waals surface area (Å²) < 4.78 is 6.84. The van der Waals surface area contributed by atoms with Gasteiger partial charge < -0.3 is 10.1 Å². The lowest BCUT2D eigenvalue weighted by Crippen LogP contribution is -2.39. The van der Waals surface area contributed by atoms with E-state index in [1.54, 1.807) is 6.08 Å². The van der Waals surface area contributed by atoms with E-state index in [1.165, 1.54) is 10.8 Å².